The van der Waals surface area contributed by atoms with Crippen molar-refractivity contribution >= 4 is 41.0 Å². The quantitative estimate of drug-likeness (QED) is 0.473. The molecule has 37 heavy (non-hydrogen) atoms. The molecule has 0 radical (unpaired) electrons. The third-order valence-corrected chi connectivity index (χ3v) is 7.61. The third kappa shape index (κ3) is 5.48. The highest BCUT2D eigenvalue weighted by Gasteiger charge is 2.36. The van der Waals surface area contributed by atoms with Gasteiger partial charge in [0.15, 0.2) is 0 Å². The minimum Gasteiger partial charge on any atom is -0.497 e. The molecule has 2 aliphatic rings. The van der Waals surface area contributed by atoms with Gasteiger partial charge in [-0.2, -0.15) is 16.9 Å². The SMILES string of the molecule is COc1ccc(CNC(=O)Cn2nc3c(c2NC(=O)C2CC(=O)N(c4ccc(C)cc4)C2)CSC3)cc1. The summed E-state index contributed by atoms with van der Waals surface area (Å²) in [5, 5.41) is 10.5. The molecule has 3 aromatic rings. The number of fused-ring (bicyclic) bond motifs is 1. The normalized spacial score (nSPS) is 16.5. The summed E-state index contributed by atoms with van der Waals surface area (Å²) in [6.45, 7) is 2.68. The molecule has 0 aliphatic carbocycles. The van der Waals surface area contributed by atoms with E-state index >= 15 is 0 Å². The van der Waals surface area contributed by atoms with Gasteiger partial charge in [0.2, 0.25) is 17.7 Å². The van der Waals surface area contributed by atoms with Crippen LogP contribution in [0.1, 0.15) is 28.8 Å². The van der Waals surface area contributed by atoms with Crippen molar-refractivity contribution in [1.29, 1.82) is 0 Å². The highest BCUT2D eigenvalue weighted by atomic mass is 32.2. The average molecular weight is 520 g/mol. The maximum absolute atomic E-state index is 13.2. The zero-order valence-electron chi connectivity index (χ0n) is 20.8. The number of aromatic nitrogens is 2. The number of hydrogen-bond donors (Lipinski definition) is 2. The number of anilines is 2. The van der Waals surface area contributed by atoms with Crippen molar-refractivity contribution < 1.29 is 19.1 Å². The summed E-state index contributed by atoms with van der Waals surface area (Å²) in [4.78, 5) is 40.3. The number of amides is 3. The van der Waals surface area contributed by atoms with Crippen molar-refractivity contribution in [3.63, 3.8) is 0 Å². The minimum absolute atomic E-state index is 0.0114. The molecule has 0 saturated carbocycles. The number of aryl methyl sites for hydroxylation is 1. The number of thioether (sulfide) groups is 1. The van der Waals surface area contributed by atoms with Crippen molar-refractivity contribution in [2.24, 2.45) is 5.92 Å². The Bertz CT molecular complexity index is 1320. The van der Waals surface area contributed by atoms with Gasteiger partial charge in [-0.05, 0) is 36.8 Å². The van der Waals surface area contributed by atoms with Crippen molar-refractivity contribution in [1.82, 2.24) is 15.1 Å². The van der Waals surface area contributed by atoms with Crippen LogP contribution in [0.4, 0.5) is 11.5 Å². The number of carbonyl (C=O) groups is 3. The lowest BCUT2D eigenvalue weighted by atomic mass is 10.1. The molecule has 9 nitrogen and oxygen atoms in total. The van der Waals surface area contributed by atoms with Crippen LogP contribution in [0, 0.1) is 12.8 Å². The van der Waals surface area contributed by atoms with E-state index < -0.39 is 5.92 Å². The van der Waals surface area contributed by atoms with Crippen molar-refractivity contribution in [3.8, 4) is 5.75 Å². The molecule has 2 aliphatic heterocycles. The molecule has 2 N–H and O–H groups in total. The van der Waals surface area contributed by atoms with Crippen LogP contribution in [-0.2, 0) is 39.0 Å². The lowest BCUT2D eigenvalue weighted by Crippen LogP contribution is -2.31. The predicted octanol–water partition coefficient (Wildman–Crippen LogP) is 3.25. The summed E-state index contributed by atoms with van der Waals surface area (Å²) in [6.07, 6.45) is 0.146. The Hall–Kier alpha value is -3.79. The molecule has 1 fully saturated rings. The molecule has 1 unspecified atom stereocenters. The summed E-state index contributed by atoms with van der Waals surface area (Å²) in [6, 6.07) is 15.2. The van der Waals surface area contributed by atoms with E-state index in [-0.39, 0.29) is 30.7 Å². The fourth-order valence-corrected chi connectivity index (χ4v) is 5.57. The fourth-order valence-electron chi connectivity index (χ4n) is 4.53. The Balaban J connectivity index is 1.24. The molecule has 10 heteroatoms. The molecule has 5 rings (SSSR count). The van der Waals surface area contributed by atoms with Crippen LogP contribution in [0.5, 0.6) is 5.75 Å². The van der Waals surface area contributed by atoms with Gasteiger partial charge in [-0.3, -0.25) is 14.4 Å². The number of ether oxygens (including phenoxy) is 1. The van der Waals surface area contributed by atoms with Gasteiger partial charge in [-0.1, -0.05) is 29.8 Å². The predicted molar refractivity (Wildman–Crippen MR) is 142 cm³/mol. The van der Waals surface area contributed by atoms with Crippen molar-refractivity contribution in [3.05, 3.63) is 70.9 Å². The zero-order chi connectivity index (χ0) is 25.9. The van der Waals surface area contributed by atoms with E-state index in [4.69, 9.17) is 4.74 Å². The van der Waals surface area contributed by atoms with Crippen LogP contribution in [0.15, 0.2) is 48.5 Å². The van der Waals surface area contributed by atoms with Crippen LogP contribution in [0.2, 0.25) is 0 Å². The Labute approximate surface area is 219 Å². The van der Waals surface area contributed by atoms with Gasteiger partial charge < -0.3 is 20.3 Å². The molecule has 3 amide bonds. The van der Waals surface area contributed by atoms with E-state index in [1.807, 2.05) is 55.5 Å². The Morgan fingerprint density at radius 3 is 2.59 bits per heavy atom. The number of carbonyl (C=O) groups excluding carboxylic acids is 3. The number of benzene rings is 2. The van der Waals surface area contributed by atoms with E-state index in [2.05, 4.69) is 15.7 Å². The third-order valence-electron chi connectivity index (χ3n) is 6.64. The Kier molecular flexibility index (Phi) is 7.18. The van der Waals surface area contributed by atoms with Crippen LogP contribution < -0.4 is 20.3 Å². The van der Waals surface area contributed by atoms with E-state index in [1.54, 1.807) is 28.5 Å². The Morgan fingerprint density at radius 1 is 1.11 bits per heavy atom. The van der Waals surface area contributed by atoms with Gasteiger partial charge in [-0.25, -0.2) is 4.68 Å². The van der Waals surface area contributed by atoms with Crippen LogP contribution >= 0.6 is 11.8 Å². The first-order chi connectivity index (χ1) is 17.9. The molecule has 0 bridgehead atoms. The average Bonchev–Trinajstić information content (AvgIpc) is 3.60. The Morgan fingerprint density at radius 2 is 1.86 bits per heavy atom. The lowest BCUT2D eigenvalue weighted by Gasteiger charge is -2.17. The van der Waals surface area contributed by atoms with Crippen LogP contribution in [-0.4, -0.2) is 41.2 Å². The molecule has 1 saturated heterocycles. The molecule has 0 spiro atoms. The highest BCUT2D eigenvalue weighted by molar-refractivity contribution is 7.98. The zero-order valence-corrected chi connectivity index (χ0v) is 21.6. The summed E-state index contributed by atoms with van der Waals surface area (Å²) in [7, 11) is 1.61. The molecular formula is C27H29N5O4S. The second-order valence-electron chi connectivity index (χ2n) is 9.28. The number of rotatable bonds is 8. The maximum Gasteiger partial charge on any atom is 0.242 e. The monoisotopic (exact) mass is 519 g/mol. The van der Waals surface area contributed by atoms with E-state index in [0.717, 1.165) is 45.3 Å². The summed E-state index contributed by atoms with van der Waals surface area (Å²) in [5.74, 6) is 1.77. The summed E-state index contributed by atoms with van der Waals surface area (Å²) < 4.78 is 6.74. The summed E-state index contributed by atoms with van der Waals surface area (Å²) in [5.41, 5.74) is 4.68. The molecular weight excluding hydrogens is 490 g/mol. The number of nitrogens with zero attached hydrogens (tertiary/aromatic N) is 3. The van der Waals surface area contributed by atoms with E-state index in [1.165, 1.54) is 0 Å². The first-order valence-corrected chi connectivity index (χ1v) is 13.3. The number of nitrogens with one attached hydrogen (secondary N) is 2. The van der Waals surface area contributed by atoms with Gasteiger partial charge in [0.25, 0.3) is 0 Å². The number of hydrogen-bond acceptors (Lipinski definition) is 6. The second kappa shape index (κ2) is 10.7. The summed E-state index contributed by atoms with van der Waals surface area (Å²) >= 11 is 1.72. The second-order valence-corrected chi connectivity index (χ2v) is 10.3. The van der Waals surface area contributed by atoms with Crippen LogP contribution in [0.25, 0.3) is 0 Å². The smallest absolute Gasteiger partial charge is 0.242 e. The van der Waals surface area contributed by atoms with Gasteiger partial charge in [-0.15, -0.1) is 0 Å². The fraction of sp³-hybridized carbons (Fsp3) is 0.333. The molecule has 2 aromatic carbocycles. The molecule has 192 valence electrons. The topological polar surface area (TPSA) is 106 Å². The van der Waals surface area contributed by atoms with Gasteiger partial charge in [0.1, 0.15) is 18.1 Å². The molecule has 1 atom stereocenters. The maximum atomic E-state index is 13.2. The van der Waals surface area contributed by atoms with Gasteiger partial charge >= 0.3 is 0 Å². The van der Waals surface area contributed by atoms with Crippen molar-refractivity contribution in [2.45, 2.75) is 37.9 Å². The van der Waals surface area contributed by atoms with Crippen LogP contribution in [0.3, 0.4) is 0 Å². The van der Waals surface area contributed by atoms with E-state index in [0.29, 0.717) is 18.9 Å². The molecule has 3 heterocycles. The minimum atomic E-state index is -0.481. The van der Waals surface area contributed by atoms with E-state index in [9.17, 15) is 14.4 Å². The first-order valence-electron chi connectivity index (χ1n) is 12.1. The first kappa shape index (κ1) is 24.9. The van der Waals surface area contributed by atoms with Crippen molar-refractivity contribution in [2.75, 3.05) is 23.9 Å². The lowest BCUT2D eigenvalue weighted by molar-refractivity contribution is -0.122. The van der Waals surface area contributed by atoms with Gasteiger partial charge in [0, 0.05) is 42.3 Å². The number of methoxy groups -OCH3 is 1. The van der Waals surface area contributed by atoms with Gasteiger partial charge in [0.05, 0.1) is 18.7 Å². The molecule has 1 aromatic heterocycles. The standard InChI is InChI=1S/C27H29N5O4S/c1-17-3-7-20(8-4-17)31-13-19(11-25(31)34)27(35)29-26-22-15-37-16-23(22)30-32(26)14-24(33)28-12-18-5-9-21(36-2)10-6-18/h3-10,19H,11-16H2,1-2H3,(H,28,33)(H,29,35). The highest BCUT2D eigenvalue weighted by Crippen LogP contribution is 2.35. The largest absolute Gasteiger partial charge is 0.497 e.